The molecule has 0 saturated heterocycles. The molecule has 4 nitrogen and oxygen atoms in total. The molecule has 0 bridgehead atoms. The molecular formula is C10H15ClN2O2S. The molecule has 0 amide bonds. The van der Waals surface area contributed by atoms with Crippen molar-refractivity contribution in [3.8, 4) is 0 Å². The lowest BCUT2D eigenvalue weighted by molar-refractivity contribution is 0.498. The Morgan fingerprint density at radius 1 is 1.44 bits per heavy atom. The van der Waals surface area contributed by atoms with Crippen molar-refractivity contribution >= 4 is 21.6 Å². The summed E-state index contributed by atoms with van der Waals surface area (Å²) in [5.41, 5.74) is 5.11. The molecule has 0 aliphatic heterocycles. The Kier molecular flexibility index (Phi) is 3.96. The van der Waals surface area contributed by atoms with Crippen molar-refractivity contribution in [2.45, 2.75) is 24.3 Å². The van der Waals surface area contributed by atoms with Crippen molar-refractivity contribution < 1.29 is 8.42 Å². The van der Waals surface area contributed by atoms with Gasteiger partial charge in [-0.3, -0.25) is 0 Å². The summed E-state index contributed by atoms with van der Waals surface area (Å²) in [5, 5.41) is 0.384. The van der Waals surface area contributed by atoms with Crippen LogP contribution >= 0.6 is 11.6 Å². The first-order valence-electron chi connectivity index (χ1n) is 4.75. The summed E-state index contributed by atoms with van der Waals surface area (Å²) in [6.45, 7) is 3.66. The monoisotopic (exact) mass is 262 g/mol. The second-order valence-electron chi connectivity index (χ2n) is 4.27. The molecule has 90 valence electrons. The van der Waals surface area contributed by atoms with Crippen LogP contribution in [0, 0.1) is 0 Å². The molecule has 0 fully saturated rings. The molecule has 0 aromatic heterocycles. The van der Waals surface area contributed by atoms with Crippen LogP contribution in [-0.2, 0) is 10.0 Å². The lowest BCUT2D eigenvalue weighted by atomic mass is 10.1. The Morgan fingerprint density at radius 2 is 2.06 bits per heavy atom. The Bertz CT molecular complexity index is 466. The normalized spacial score (nSPS) is 12.8. The van der Waals surface area contributed by atoms with Gasteiger partial charge in [-0.15, -0.1) is 0 Å². The van der Waals surface area contributed by atoms with Crippen molar-refractivity contribution in [2.24, 2.45) is 5.73 Å². The Morgan fingerprint density at radius 3 is 2.56 bits per heavy atom. The van der Waals surface area contributed by atoms with Gasteiger partial charge in [-0.25, -0.2) is 13.1 Å². The van der Waals surface area contributed by atoms with Gasteiger partial charge < -0.3 is 5.73 Å². The predicted octanol–water partition coefficient (Wildman–Crippen LogP) is 1.36. The van der Waals surface area contributed by atoms with Crippen LogP contribution in [0.15, 0.2) is 29.2 Å². The number of benzene rings is 1. The topological polar surface area (TPSA) is 72.2 Å². The smallest absolute Gasteiger partial charge is 0.240 e. The van der Waals surface area contributed by atoms with E-state index in [1.165, 1.54) is 12.1 Å². The highest BCUT2D eigenvalue weighted by Crippen LogP contribution is 2.15. The lowest BCUT2D eigenvalue weighted by Crippen LogP contribution is -2.45. The zero-order valence-corrected chi connectivity index (χ0v) is 10.8. The highest BCUT2D eigenvalue weighted by Gasteiger charge is 2.18. The van der Waals surface area contributed by atoms with Crippen LogP contribution in [0.3, 0.4) is 0 Å². The summed E-state index contributed by atoms with van der Waals surface area (Å²) in [5.74, 6) is 0. The minimum absolute atomic E-state index is 0.143. The van der Waals surface area contributed by atoms with Gasteiger partial charge in [-0.05, 0) is 32.0 Å². The summed E-state index contributed by atoms with van der Waals surface area (Å²) >= 11 is 5.72. The lowest BCUT2D eigenvalue weighted by Gasteiger charge is -2.18. The van der Waals surface area contributed by atoms with Gasteiger partial charge in [-0.1, -0.05) is 17.7 Å². The van der Waals surface area contributed by atoms with Crippen molar-refractivity contribution in [2.75, 3.05) is 6.54 Å². The van der Waals surface area contributed by atoms with Crippen LogP contribution in [0.5, 0.6) is 0 Å². The Balaban J connectivity index is 2.87. The number of hydrogen-bond donors (Lipinski definition) is 2. The predicted molar refractivity (Wildman–Crippen MR) is 64.9 cm³/mol. The van der Waals surface area contributed by atoms with Gasteiger partial charge in [0.05, 0.1) is 4.90 Å². The fourth-order valence-corrected chi connectivity index (χ4v) is 2.52. The standard InChI is InChI=1S/C10H15ClN2O2S/c1-10(2,12)7-13-16(14,15)9-5-3-4-8(11)6-9/h3-6,13H,7,12H2,1-2H3. The number of halogens is 1. The minimum atomic E-state index is -3.53. The molecule has 0 aliphatic rings. The van der Waals surface area contributed by atoms with E-state index in [-0.39, 0.29) is 11.4 Å². The summed E-state index contributed by atoms with van der Waals surface area (Å²) in [6, 6.07) is 6.09. The van der Waals surface area contributed by atoms with Crippen molar-refractivity contribution in [1.82, 2.24) is 4.72 Å². The highest BCUT2D eigenvalue weighted by atomic mass is 35.5. The van der Waals surface area contributed by atoms with Crippen LogP contribution in [0.4, 0.5) is 0 Å². The first-order valence-corrected chi connectivity index (χ1v) is 6.61. The molecule has 0 aliphatic carbocycles. The molecule has 0 unspecified atom stereocenters. The molecular weight excluding hydrogens is 248 g/mol. The zero-order valence-electron chi connectivity index (χ0n) is 9.20. The van der Waals surface area contributed by atoms with Crippen molar-refractivity contribution in [3.63, 3.8) is 0 Å². The second-order valence-corrected chi connectivity index (χ2v) is 6.47. The van der Waals surface area contributed by atoms with E-state index in [0.29, 0.717) is 5.02 Å². The molecule has 0 radical (unpaired) electrons. The maximum absolute atomic E-state index is 11.8. The molecule has 1 aromatic carbocycles. The first kappa shape index (κ1) is 13.4. The minimum Gasteiger partial charge on any atom is -0.324 e. The molecule has 16 heavy (non-hydrogen) atoms. The van der Waals surface area contributed by atoms with Gasteiger partial charge in [0, 0.05) is 17.1 Å². The van der Waals surface area contributed by atoms with E-state index >= 15 is 0 Å². The van der Waals surface area contributed by atoms with E-state index in [4.69, 9.17) is 17.3 Å². The van der Waals surface area contributed by atoms with Gasteiger partial charge in [0.1, 0.15) is 0 Å². The summed E-state index contributed by atoms with van der Waals surface area (Å²) in [4.78, 5) is 0.143. The van der Waals surface area contributed by atoms with E-state index < -0.39 is 15.6 Å². The van der Waals surface area contributed by atoms with Gasteiger partial charge in [-0.2, -0.15) is 0 Å². The molecule has 0 spiro atoms. The van der Waals surface area contributed by atoms with Crippen LogP contribution < -0.4 is 10.5 Å². The molecule has 0 atom stereocenters. The number of nitrogens with two attached hydrogens (primary N) is 1. The number of hydrogen-bond acceptors (Lipinski definition) is 3. The molecule has 0 saturated carbocycles. The van der Waals surface area contributed by atoms with E-state index in [9.17, 15) is 8.42 Å². The Labute approximate surface area is 101 Å². The maximum Gasteiger partial charge on any atom is 0.240 e. The Hall–Kier alpha value is -0.620. The number of nitrogens with one attached hydrogen (secondary N) is 1. The third-order valence-corrected chi connectivity index (χ3v) is 3.46. The average Bonchev–Trinajstić information content (AvgIpc) is 2.14. The fourth-order valence-electron chi connectivity index (χ4n) is 0.999. The van der Waals surface area contributed by atoms with Crippen LogP contribution in [0.25, 0.3) is 0 Å². The zero-order chi connectivity index (χ0) is 12.4. The van der Waals surface area contributed by atoms with E-state index in [1.807, 2.05) is 0 Å². The number of sulfonamides is 1. The second kappa shape index (κ2) is 4.71. The average molecular weight is 263 g/mol. The van der Waals surface area contributed by atoms with Gasteiger partial charge in [0.2, 0.25) is 10.0 Å². The molecule has 1 rings (SSSR count). The van der Waals surface area contributed by atoms with Gasteiger partial charge in [0.25, 0.3) is 0 Å². The third-order valence-electron chi connectivity index (χ3n) is 1.82. The summed E-state index contributed by atoms with van der Waals surface area (Å²) in [7, 11) is -3.53. The summed E-state index contributed by atoms with van der Waals surface area (Å²) in [6.07, 6.45) is 0. The molecule has 1 aromatic rings. The summed E-state index contributed by atoms with van der Waals surface area (Å²) < 4.78 is 26.0. The molecule has 3 N–H and O–H groups in total. The fraction of sp³-hybridized carbons (Fsp3) is 0.400. The third kappa shape index (κ3) is 4.09. The number of rotatable bonds is 4. The maximum atomic E-state index is 11.8. The van der Waals surface area contributed by atoms with Crippen LogP contribution in [0.2, 0.25) is 5.02 Å². The molecule has 0 heterocycles. The van der Waals surface area contributed by atoms with E-state index in [1.54, 1.807) is 26.0 Å². The van der Waals surface area contributed by atoms with Crippen molar-refractivity contribution in [3.05, 3.63) is 29.3 Å². The SMILES string of the molecule is CC(C)(N)CNS(=O)(=O)c1cccc(Cl)c1. The van der Waals surface area contributed by atoms with E-state index in [2.05, 4.69) is 4.72 Å². The quantitative estimate of drug-likeness (QED) is 0.861. The first-order chi connectivity index (χ1) is 7.21. The van der Waals surface area contributed by atoms with Crippen LogP contribution in [-0.4, -0.2) is 20.5 Å². The van der Waals surface area contributed by atoms with Crippen LogP contribution in [0.1, 0.15) is 13.8 Å². The molecule has 6 heteroatoms. The van der Waals surface area contributed by atoms with E-state index in [0.717, 1.165) is 0 Å². The van der Waals surface area contributed by atoms with Gasteiger partial charge >= 0.3 is 0 Å². The highest BCUT2D eigenvalue weighted by molar-refractivity contribution is 7.89. The van der Waals surface area contributed by atoms with Crippen molar-refractivity contribution in [1.29, 1.82) is 0 Å². The van der Waals surface area contributed by atoms with Gasteiger partial charge in [0.15, 0.2) is 0 Å². The largest absolute Gasteiger partial charge is 0.324 e.